The number of carbonyl (C=O) groups is 1. The molecule has 24 heavy (non-hydrogen) atoms. The molecule has 8 heteroatoms. The third kappa shape index (κ3) is 3.02. The lowest BCUT2D eigenvalue weighted by Crippen LogP contribution is -2.06. The number of ether oxygens (including phenoxy) is 2. The Labute approximate surface area is 140 Å². The summed E-state index contributed by atoms with van der Waals surface area (Å²) in [5.41, 5.74) is 1.07. The highest BCUT2D eigenvalue weighted by atomic mass is 32.1. The van der Waals surface area contributed by atoms with E-state index in [4.69, 9.17) is 13.9 Å². The summed E-state index contributed by atoms with van der Waals surface area (Å²) in [6.45, 7) is 0.588. The van der Waals surface area contributed by atoms with E-state index in [0.717, 1.165) is 24.5 Å². The highest BCUT2D eigenvalue weighted by Crippen LogP contribution is 2.30. The molecule has 0 saturated carbocycles. The van der Waals surface area contributed by atoms with Gasteiger partial charge in [0.05, 0.1) is 0 Å². The molecule has 0 radical (unpaired) electrons. The first kappa shape index (κ1) is 15.2. The maximum absolute atomic E-state index is 13.1. The Hall–Kier alpha value is -2.32. The van der Waals surface area contributed by atoms with Crippen LogP contribution in [0.5, 0.6) is 0 Å². The summed E-state index contributed by atoms with van der Waals surface area (Å²) in [6, 6.07) is 4.04. The number of nitrogens with zero attached hydrogens (tertiary/aromatic N) is 2. The quantitative estimate of drug-likeness (QED) is 0.670. The van der Waals surface area contributed by atoms with Gasteiger partial charge in [-0.1, -0.05) is 0 Å². The summed E-state index contributed by atoms with van der Waals surface area (Å²) in [6.07, 6.45) is 1.90. The van der Waals surface area contributed by atoms with Gasteiger partial charge in [-0.3, -0.25) is 0 Å². The Morgan fingerprint density at radius 1 is 1.42 bits per heavy atom. The van der Waals surface area contributed by atoms with Crippen molar-refractivity contribution < 1.29 is 23.1 Å². The van der Waals surface area contributed by atoms with Crippen molar-refractivity contribution in [1.29, 1.82) is 0 Å². The predicted octanol–water partition coefficient (Wildman–Crippen LogP) is 3.63. The van der Waals surface area contributed by atoms with E-state index in [1.807, 2.05) is 0 Å². The smallest absolute Gasteiger partial charge is 0.358 e. The van der Waals surface area contributed by atoms with Gasteiger partial charge in [0.15, 0.2) is 17.9 Å². The molecule has 3 aromatic rings. The Morgan fingerprint density at radius 2 is 2.33 bits per heavy atom. The number of esters is 1. The first-order chi connectivity index (χ1) is 11.7. The summed E-state index contributed by atoms with van der Waals surface area (Å²) in [5.74, 6) is -0.756. The molecule has 2 aromatic heterocycles. The molecule has 4 rings (SSSR count). The van der Waals surface area contributed by atoms with Crippen LogP contribution in [-0.2, 0) is 16.1 Å². The number of fused-ring (bicyclic) bond motifs is 1. The van der Waals surface area contributed by atoms with E-state index in [9.17, 15) is 9.18 Å². The van der Waals surface area contributed by atoms with Crippen LogP contribution in [0.1, 0.15) is 40.3 Å². The van der Waals surface area contributed by atoms with Crippen molar-refractivity contribution in [3.05, 3.63) is 46.0 Å². The van der Waals surface area contributed by atoms with Gasteiger partial charge in [0.2, 0.25) is 5.89 Å². The van der Waals surface area contributed by atoms with E-state index in [0.29, 0.717) is 11.1 Å². The summed E-state index contributed by atoms with van der Waals surface area (Å²) in [7, 11) is 0. The van der Waals surface area contributed by atoms with Gasteiger partial charge < -0.3 is 13.9 Å². The zero-order valence-electron chi connectivity index (χ0n) is 12.5. The topological polar surface area (TPSA) is 74.5 Å². The first-order valence-electron chi connectivity index (χ1n) is 7.48. The fourth-order valence-electron chi connectivity index (χ4n) is 2.51. The van der Waals surface area contributed by atoms with Gasteiger partial charge >= 0.3 is 5.97 Å². The molecule has 0 amide bonds. The number of rotatable bonds is 4. The zero-order valence-corrected chi connectivity index (χ0v) is 13.3. The van der Waals surface area contributed by atoms with Gasteiger partial charge in [-0.2, -0.15) is 0 Å². The minimum Gasteiger partial charge on any atom is -0.451 e. The van der Waals surface area contributed by atoms with Crippen LogP contribution < -0.4 is 0 Å². The fourth-order valence-corrected chi connectivity index (χ4v) is 3.38. The van der Waals surface area contributed by atoms with E-state index in [2.05, 4.69) is 9.97 Å². The molecule has 1 unspecified atom stereocenters. The molecule has 0 bridgehead atoms. The van der Waals surface area contributed by atoms with Crippen molar-refractivity contribution in [3.63, 3.8) is 0 Å². The van der Waals surface area contributed by atoms with Crippen LogP contribution in [0, 0.1) is 5.82 Å². The maximum Gasteiger partial charge on any atom is 0.358 e. The maximum atomic E-state index is 13.1. The van der Waals surface area contributed by atoms with Gasteiger partial charge in [0, 0.05) is 18.1 Å². The van der Waals surface area contributed by atoms with Gasteiger partial charge in [-0.25, -0.2) is 19.2 Å². The minimum atomic E-state index is -0.552. The van der Waals surface area contributed by atoms with Crippen molar-refractivity contribution in [2.45, 2.75) is 25.6 Å². The van der Waals surface area contributed by atoms with Gasteiger partial charge in [-0.15, -0.1) is 11.3 Å². The number of aromatic nitrogens is 2. The van der Waals surface area contributed by atoms with E-state index in [1.54, 1.807) is 5.38 Å². The SMILES string of the molecule is O=C(OCc1nc2ccc(F)cc2o1)c1csc(C2CCCO2)n1. The van der Waals surface area contributed by atoms with Crippen LogP contribution in [0.4, 0.5) is 4.39 Å². The third-order valence-electron chi connectivity index (χ3n) is 3.66. The second-order valence-corrected chi connectivity index (χ2v) is 6.26. The van der Waals surface area contributed by atoms with Crippen LogP contribution in [-0.4, -0.2) is 22.5 Å². The molecule has 1 aliphatic heterocycles. The van der Waals surface area contributed by atoms with Gasteiger partial charge in [-0.05, 0) is 25.0 Å². The molecule has 0 N–H and O–H groups in total. The minimum absolute atomic E-state index is 0.0245. The molecular weight excluding hydrogens is 335 g/mol. The Kier molecular flexibility index (Phi) is 3.99. The summed E-state index contributed by atoms with van der Waals surface area (Å²) in [5, 5.41) is 2.44. The van der Waals surface area contributed by atoms with Crippen LogP contribution in [0.25, 0.3) is 11.1 Å². The second-order valence-electron chi connectivity index (χ2n) is 5.37. The highest BCUT2D eigenvalue weighted by Gasteiger charge is 2.23. The number of benzene rings is 1. The Balaban J connectivity index is 1.42. The molecule has 0 aliphatic carbocycles. The number of hydrogen-bond donors (Lipinski definition) is 0. The second kappa shape index (κ2) is 6.29. The summed E-state index contributed by atoms with van der Waals surface area (Å²) >= 11 is 1.38. The summed E-state index contributed by atoms with van der Waals surface area (Å²) in [4.78, 5) is 20.5. The molecule has 1 saturated heterocycles. The van der Waals surface area contributed by atoms with Gasteiger partial charge in [0.25, 0.3) is 0 Å². The number of thiazole rings is 1. The summed E-state index contributed by atoms with van der Waals surface area (Å²) < 4.78 is 29.2. The number of oxazole rings is 1. The first-order valence-corrected chi connectivity index (χ1v) is 8.36. The average molecular weight is 348 g/mol. The van der Waals surface area contributed by atoms with Crippen LogP contribution in [0.3, 0.4) is 0 Å². The van der Waals surface area contributed by atoms with Crippen molar-refractivity contribution in [2.24, 2.45) is 0 Å². The molecule has 0 spiro atoms. The van der Waals surface area contributed by atoms with E-state index in [-0.39, 0.29) is 24.3 Å². The monoisotopic (exact) mass is 348 g/mol. The molecule has 1 atom stereocenters. The van der Waals surface area contributed by atoms with Crippen LogP contribution >= 0.6 is 11.3 Å². The van der Waals surface area contributed by atoms with Crippen molar-refractivity contribution in [2.75, 3.05) is 6.61 Å². The Morgan fingerprint density at radius 3 is 3.17 bits per heavy atom. The highest BCUT2D eigenvalue weighted by molar-refractivity contribution is 7.09. The van der Waals surface area contributed by atoms with Crippen molar-refractivity contribution in [1.82, 2.24) is 9.97 Å². The molecular formula is C16H13FN2O4S. The molecule has 1 fully saturated rings. The molecule has 3 heterocycles. The number of halogens is 1. The Bertz CT molecular complexity index is 885. The zero-order chi connectivity index (χ0) is 16.5. The number of carbonyl (C=O) groups excluding carboxylic acids is 1. The molecule has 6 nitrogen and oxygen atoms in total. The lowest BCUT2D eigenvalue weighted by atomic mass is 10.2. The average Bonchev–Trinajstić information content (AvgIpc) is 3.30. The van der Waals surface area contributed by atoms with Crippen molar-refractivity contribution in [3.8, 4) is 0 Å². The van der Waals surface area contributed by atoms with E-state index < -0.39 is 11.8 Å². The lowest BCUT2D eigenvalue weighted by Gasteiger charge is -2.03. The standard InChI is InChI=1S/C16H13FN2O4S/c17-9-3-4-10-13(6-9)23-14(18-10)7-22-16(20)11-8-24-15(19-11)12-2-1-5-21-12/h3-4,6,8,12H,1-2,5,7H2. The van der Waals surface area contributed by atoms with E-state index in [1.165, 1.54) is 29.5 Å². The molecule has 124 valence electrons. The molecule has 1 aromatic carbocycles. The van der Waals surface area contributed by atoms with Crippen LogP contribution in [0.2, 0.25) is 0 Å². The van der Waals surface area contributed by atoms with E-state index >= 15 is 0 Å². The largest absolute Gasteiger partial charge is 0.451 e. The number of hydrogen-bond acceptors (Lipinski definition) is 7. The third-order valence-corrected chi connectivity index (χ3v) is 4.59. The van der Waals surface area contributed by atoms with Crippen LogP contribution in [0.15, 0.2) is 28.0 Å². The lowest BCUT2D eigenvalue weighted by molar-refractivity contribution is 0.0433. The predicted molar refractivity (Wildman–Crippen MR) is 83.1 cm³/mol. The normalized spacial score (nSPS) is 17.5. The van der Waals surface area contributed by atoms with Crippen molar-refractivity contribution >= 4 is 28.4 Å². The fraction of sp³-hybridized carbons (Fsp3) is 0.312. The van der Waals surface area contributed by atoms with Gasteiger partial charge in [0.1, 0.15) is 22.4 Å². The molecule has 1 aliphatic rings.